The highest BCUT2D eigenvalue weighted by molar-refractivity contribution is 5.91. The second kappa shape index (κ2) is 17.0. The maximum Gasteiger partial charge on any atom is 0.410 e. The lowest BCUT2D eigenvalue weighted by Gasteiger charge is -2.38. The Balaban J connectivity index is 1.06. The summed E-state index contributed by atoms with van der Waals surface area (Å²) in [5, 5.41) is 0.995. The van der Waals surface area contributed by atoms with Gasteiger partial charge in [0.1, 0.15) is 18.1 Å². The van der Waals surface area contributed by atoms with Crippen LogP contribution in [0.1, 0.15) is 52.7 Å². The van der Waals surface area contributed by atoms with Crippen molar-refractivity contribution in [3.63, 3.8) is 0 Å². The molecule has 1 amide bonds. The zero-order valence-electron chi connectivity index (χ0n) is 28.7. The van der Waals surface area contributed by atoms with Crippen molar-refractivity contribution in [3.8, 4) is 11.5 Å². The van der Waals surface area contributed by atoms with Crippen molar-refractivity contribution in [2.45, 2.75) is 51.6 Å². The van der Waals surface area contributed by atoms with E-state index in [4.69, 9.17) is 23.7 Å². The number of aromatic nitrogens is 1. The molecule has 1 fully saturated rings. The molecule has 0 aliphatic carbocycles. The van der Waals surface area contributed by atoms with Crippen molar-refractivity contribution < 1.29 is 33.3 Å². The normalized spacial score (nSPS) is 15.9. The Hall–Kier alpha value is -5.12. The van der Waals surface area contributed by atoms with Crippen LogP contribution in [0.3, 0.4) is 0 Å². The summed E-state index contributed by atoms with van der Waals surface area (Å²) in [6.07, 6.45) is 2.65. The van der Waals surface area contributed by atoms with Gasteiger partial charge in [0.15, 0.2) is 0 Å². The maximum atomic E-state index is 13.1. The van der Waals surface area contributed by atoms with Crippen molar-refractivity contribution in [3.05, 3.63) is 132 Å². The maximum absolute atomic E-state index is 13.1. The number of para-hydroxylation sites is 1. The van der Waals surface area contributed by atoms with Gasteiger partial charge in [-0.15, -0.1) is 0 Å². The number of amides is 1. The molecule has 1 aliphatic heterocycles. The van der Waals surface area contributed by atoms with Crippen LogP contribution in [0.4, 0.5) is 4.79 Å². The van der Waals surface area contributed by atoms with Crippen molar-refractivity contribution >= 4 is 22.9 Å². The van der Waals surface area contributed by atoms with Crippen molar-refractivity contribution in [1.29, 1.82) is 0 Å². The van der Waals surface area contributed by atoms with E-state index in [0.717, 1.165) is 57.5 Å². The Morgan fingerprint density at radius 3 is 2.42 bits per heavy atom. The van der Waals surface area contributed by atoms with E-state index in [0.29, 0.717) is 39.5 Å². The van der Waals surface area contributed by atoms with Crippen LogP contribution < -0.4 is 9.47 Å². The van der Waals surface area contributed by atoms with E-state index in [1.54, 1.807) is 29.7 Å². The third kappa shape index (κ3) is 8.91. The molecule has 4 aromatic carbocycles. The molecule has 0 saturated carbocycles. The number of piperidine rings is 1. The molecule has 5 aromatic rings. The molecule has 1 aliphatic rings. The second-order valence-corrected chi connectivity index (χ2v) is 12.5. The lowest BCUT2D eigenvalue weighted by atomic mass is 9.87. The molecule has 2 atom stereocenters. The molecule has 9 nitrogen and oxygen atoms in total. The minimum absolute atomic E-state index is 0.0417. The fourth-order valence-corrected chi connectivity index (χ4v) is 6.35. The van der Waals surface area contributed by atoms with Crippen molar-refractivity contribution in [2.24, 2.45) is 0 Å². The van der Waals surface area contributed by atoms with Crippen LogP contribution in [0.25, 0.3) is 10.9 Å². The standard InChI is InChI=1S/C41H44N2O7/c1-30(44)43-22-19-34-14-13-32(25-38(34)43)28-49-40-26-42(41(45)50-27-31-9-4-3-5-10-31)21-20-37(40)33-15-17-36(18-16-33)48-24-8-23-47-29-35-11-6-7-12-39(35)46-2/h3-7,9-19,22,25,37,40H,8,20-21,23-24,26-29H2,1-2H3. The minimum atomic E-state index is -0.350. The van der Waals surface area contributed by atoms with E-state index in [9.17, 15) is 9.59 Å². The van der Waals surface area contributed by atoms with Gasteiger partial charge in [0.2, 0.25) is 5.91 Å². The summed E-state index contributed by atoms with van der Waals surface area (Å²) in [4.78, 5) is 27.0. The summed E-state index contributed by atoms with van der Waals surface area (Å²) in [7, 11) is 1.66. The first-order chi connectivity index (χ1) is 24.5. The average Bonchev–Trinajstić information content (AvgIpc) is 3.59. The molecule has 260 valence electrons. The molecule has 50 heavy (non-hydrogen) atoms. The smallest absolute Gasteiger partial charge is 0.410 e. The number of rotatable bonds is 14. The van der Waals surface area contributed by atoms with Gasteiger partial charge in [0.05, 0.1) is 51.7 Å². The predicted molar refractivity (Wildman–Crippen MR) is 192 cm³/mol. The van der Waals surface area contributed by atoms with E-state index in [1.807, 2.05) is 91.0 Å². The lowest BCUT2D eigenvalue weighted by Crippen LogP contribution is -2.47. The van der Waals surface area contributed by atoms with E-state index in [1.165, 1.54) is 0 Å². The molecule has 9 heteroatoms. The SMILES string of the molecule is COc1ccccc1COCCCOc1ccc(C2CCN(C(=O)OCc3ccccc3)CC2OCc2ccc3ccn(C(C)=O)c3c2)cc1. The highest BCUT2D eigenvalue weighted by atomic mass is 16.6. The quantitative estimate of drug-likeness (QED) is 0.110. The summed E-state index contributed by atoms with van der Waals surface area (Å²) in [6, 6.07) is 33.6. The van der Waals surface area contributed by atoms with Crippen LogP contribution >= 0.6 is 0 Å². The van der Waals surface area contributed by atoms with Gasteiger partial charge >= 0.3 is 6.09 Å². The van der Waals surface area contributed by atoms with Crippen LogP contribution in [0.15, 0.2) is 109 Å². The largest absolute Gasteiger partial charge is 0.496 e. The molecule has 0 N–H and O–H groups in total. The third-order valence-electron chi connectivity index (χ3n) is 9.04. The van der Waals surface area contributed by atoms with Crippen molar-refractivity contribution in [2.75, 3.05) is 33.4 Å². The molecule has 0 radical (unpaired) electrons. The topological polar surface area (TPSA) is 88.5 Å². The number of hydrogen-bond donors (Lipinski definition) is 0. The molecule has 0 spiro atoms. The van der Waals surface area contributed by atoms with Crippen molar-refractivity contribution in [1.82, 2.24) is 9.47 Å². The van der Waals surface area contributed by atoms with E-state index in [-0.39, 0.29) is 30.6 Å². The van der Waals surface area contributed by atoms with Gasteiger partial charge < -0.3 is 28.6 Å². The van der Waals surface area contributed by atoms with Gasteiger partial charge in [0.25, 0.3) is 0 Å². The first-order valence-electron chi connectivity index (χ1n) is 17.1. The predicted octanol–water partition coefficient (Wildman–Crippen LogP) is 8.01. The Morgan fingerprint density at radius 2 is 1.62 bits per heavy atom. The van der Waals surface area contributed by atoms with Gasteiger partial charge in [-0.05, 0) is 53.4 Å². The Morgan fingerprint density at radius 1 is 0.820 bits per heavy atom. The number of ether oxygens (including phenoxy) is 5. The Kier molecular flexibility index (Phi) is 11.8. The highest BCUT2D eigenvalue weighted by Gasteiger charge is 2.34. The summed E-state index contributed by atoms with van der Waals surface area (Å²) in [5.41, 5.74) is 4.89. The molecule has 0 bridgehead atoms. The van der Waals surface area contributed by atoms with Gasteiger partial charge in [-0.1, -0.05) is 72.8 Å². The van der Waals surface area contributed by atoms with Crippen LogP contribution in [0.2, 0.25) is 0 Å². The number of fused-ring (bicyclic) bond motifs is 1. The number of benzene rings is 4. The first-order valence-corrected chi connectivity index (χ1v) is 17.1. The van der Waals surface area contributed by atoms with E-state index in [2.05, 4.69) is 12.1 Å². The number of likely N-dealkylation sites (tertiary alicyclic amines) is 1. The molecule has 2 heterocycles. The van der Waals surface area contributed by atoms with E-state index < -0.39 is 0 Å². The molecule has 6 rings (SSSR count). The minimum Gasteiger partial charge on any atom is -0.496 e. The highest BCUT2D eigenvalue weighted by Crippen LogP contribution is 2.33. The van der Waals surface area contributed by atoms with Gasteiger partial charge in [-0.3, -0.25) is 9.36 Å². The summed E-state index contributed by atoms with van der Waals surface area (Å²) in [6.45, 7) is 4.68. The van der Waals surface area contributed by atoms with Gasteiger partial charge in [0, 0.05) is 43.0 Å². The first kappa shape index (κ1) is 34.7. The Labute approximate surface area is 293 Å². The molecular formula is C41H44N2O7. The monoisotopic (exact) mass is 676 g/mol. The Bertz CT molecular complexity index is 1850. The van der Waals surface area contributed by atoms with Gasteiger partial charge in [-0.2, -0.15) is 0 Å². The summed E-state index contributed by atoms with van der Waals surface area (Å²) in [5.74, 6) is 1.64. The average molecular weight is 677 g/mol. The second-order valence-electron chi connectivity index (χ2n) is 12.5. The fourth-order valence-electron chi connectivity index (χ4n) is 6.35. The van der Waals surface area contributed by atoms with Crippen LogP contribution in [0.5, 0.6) is 11.5 Å². The summed E-state index contributed by atoms with van der Waals surface area (Å²) < 4.78 is 31.1. The van der Waals surface area contributed by atoms with Crippen LogP contribution in [0, 0.1) is 0 Å². The number of carbonyl (C=O) groups is 2. The number of methoxy groups -OCH3 is 1. The van der Waals surface area contributed by atoms with Crippen LogP contribution in [-0.2, 0) is 34.0 Å². The fraction of sp³-hybridized carbons (Fsp3) is 0.317. The van der Waals surface area contributed by atoms with E-state index >= 15 is 0 Å². The number of nitrogens with zero attached hydrogens (tertiary/aromatic N) is 2. The molecule has 1 aromatic heterocycles. The lowest BCUT2D eigenvalue weighted by molar-refractivity contribution is -0.0245. The molecule has 2 unspecified atom stereocenters. The van der Waals surface area contributed by atoms with Crippen LogP contribution in [-0.4, -0.2) is 61.0 Å². The zero-order chi connectivity index (χ0) is 34.7. The zero-order valence-corrected chi connectivity index (χ0v) is 28.7. The summed E-state index contributed by atoms with van der Waals surface area (Å²) >= 11 is 0. The number of hydrogen-bond acceptors (Lipinski definition) is 7. The number of carbonyl (C=O) groups excluding carboxylic acids is 2. The third-order valence-corrected chi connectivity index (χ3v) is 9.04. The van der Waals surface area contributed by atoms with Gasteiger partial charge in [-0.25, -0.2) is 4.79 Å². The molecular weight excluding hydrogens is 632 g/mol. The molecule has 1 saturated heterocycles.